The zero-order valence-electron chi connectivity index (χ0n) is 6.35. The van der Waals surface area contributed by atoms with Crippen LogP contribution in [0.3, 0.4) is 0 Å². The number of aryl methyl sites for hydroxylation is 1. The predicted octanol–water partition coefficient (Wildman–Crippen LogP) is -2.06. The molecule has 0 fully saturated rings. The summed E-state index contributed by atoms with van der Waals surface area (Å²) in [5.41, 5.74) is -1.56. The van der Waals surface area contributed by atoms with Crippen LogP contribution >= 0.6 is 0 Å². The Morgan fingerprint density at radius 2 is 2.17 bits per heavy atom. The molecule has 0 amide bonds. The van der Waals surface area contributed by atoms with Gasteiger partial charge in [-0.1, -0.05) is 0 Å². The third kappa shape index (κ3) is 1.31. The number of rotatable bonds is 2. The molecule has 0 aromatic carbocycles. The Balaban J connectivity index is 3.37. The van der Waals surface area contributed by atoms with Gasteiger partial charge in [0.2, 0.25) is 6.33 Å². The van der Waals surface area contributed by atoms with Crippen molar-refractivity contribution in [3.8, 4) is 0 Å². The van der Waals surface area contributed by atoms with E-state index in [0.29, 0.717) is 6.29 Å². The minimum Gasteiger partial charge on any atom is -0.301 e. The number of nitrogens with zero attached hydrogens (tertiary/aromatic N) is 3. The highest BCUT2D eigenvalue weighted by atomic mass is 16.2. The Morgan fingerprint density at radius 1 is 1.50 bits per heavy atom. The standard InChI is InChI=1S/C6H6N3O3/c1-8-4-7-9(2-3-10)6(12)5(8)11/h3H,2H2,1H3. The van der Waals surface area contributed by atoms with Gasteiger partial charge in [0.05, 0.1) is 0 Å². The Morgan fingerprint density at radius 3 is 2.75 bits per heavy atom. The Hall–Kier alpha value is -1.72. The molecule has 0 unspecified atom stereocenters. The van der Waals surface area contributed by atoms with Crippen LogP contribution in [0.4, 0.5) is 0 Å². The van der Waals surface area contributed by atoms with Crippen molar-refractivity contribution in [1.29, 1.82) is 0 Å². The molecule has 1 rings (SSSR count). The second kappa shape index (κ2) is 3.12. The second-order valence-corrected chi connectivity index (χ2v) is 2.12. The summed E-state index contributed by atoms with van der Waals surface area (Å²) >= 11 is 0. The van der Waals surface area contributed by atoms with Gasteiger partial charge in [-0.05, 0) is 0 Å². The van der Waals surface area contributed by atoms with E-state index in [2.05, 4.69) is 11.4 Å². The normalized spacial score (nSPS) is 9.75. The number of aromatic nitrogens is 3. The molecule has 0 N–H and O–H groups in total. The average Bonchev–Trinajstić information content (AvgIpc) is 2.07. The van der Waals surface area contributed by atoms with E-state index in [4.69, 9.17) is 0 Å². The fraction of sp³-hybridized carbons (Fsp3) is 0.333. The van der Waals surface area contributed by atoms with Crippen LogP contribution in [0.25, 0.3) is 0 Å². The van der Waals surface area contributed by atoms with Crippen LogP contribution in [-0.2, 0) is 18.4 Å². The fourth-order valence-corrected chi connectivity index (χ4v) is 0.660. The van der Waals surface area contributed by atoms with Gasteiger partial charge in [-0.3, -0.25) is 14.2 Å². The number of carbonyl (C=O) groups excluding carboxylic acids is 1. The van der Waals surface area contributed by atoms with Crippen LogP contribution < -0.4 is 11.1 Å². The maximum atomic E-state index is 11.0. The van der Waals surface area contributed by atoms with Crippen LogP contribution in [-0.4, -0.2) is 20.6 Å². The van der Waals surface area contributed by atoms with E-state index in [1.54, 1.807) is 0 Å². The molecule has 6 heteroatoms. The molecule has 63 valence electrons. The van der Waals surface area contributed by atoms with Crippen molar-refractivity contribution < 1.29 is 4.79 Å². The van der Waals surface area contributed by atoms with Gasteiger partial charge in [0.25, 0.3) is 0 Å². The third-order valence-electron chi connectivity index (χ3n) is 1.28. The largest absolute Gasteiger partial charge is 0.333 e. The molecule has 0 bridgehead atoms. The van der Waals surface area contributed by atoms with E-state index in [1.807, 2.05) is 0 Å². The minimum absolute atomic E-state index is 0.217. The lowest BCUT2D eigenvalue weighted by Gasteiger charge is -1.97. The molecule has 12 heavy (non-hydrogen) atoms. The molecule has 6 nitrogen and oxygen atoms in total. The number of hydrogen-bond acceptors (Lipinski definition) is 4. The van der Waals surface area contributed by atoms with E-state index >= 15 is 0 Å². The molecule has 0 saturated carbocycles. The van der Waals surface area contributed by atoms with Crippen LogP contribution in [0.15, 0.2) is 9.59 Å². The first-order valence-corrected chi connectivity index (χ1v) is 3.16. The van der Waals surface area contributed by atoms with Crippen LogP contribution in [0.1, 0.15) is 0 Å². The van der Waals surface area contributed by atoms with Crippen molar-refractivity contribution in [3.63, 3.8) is 0 Å². The molecule has 0 saturated heterocycles. The molecule has 0 aliphatic carbocycles. The Kier molecular flexibility index (Phi) is 2.18. The highest BCUT2D eigenvalue weighted by Crippen LogP contribution is 1.66. The van der Waals surface area contributed by atoms with Crippen molar-refractivity contribution in [3.05, 3.63) is 27.0 Å². The van der Waals surface area contributed by atoms with Gasteiger partial charge in [-0.2, -0.15) is 0 Å². The molecule has 1 aromatic heterocycles. The average molecular weight is 168 g/mol. The zero-order chi connectivity index (χ0) is 9.14. The lowest BCUT2D eigenvalue weighted by molar-refractivity contribution is -0.108. The van der Waals surface area contributed by atoms with Crippen LogP contribution in [0.5, 0.6) is 0 Å². The topological polar surface area (TPSA) is 74.0 Å². The molecule has 1 heterocycles. The van der Waals surface area contributed by atoms with Crippen molar-refractivity contribution in [2.45, 2.75) is 6.54 Å². The maximum Gasteiger partial charge on any atom is 0.333 e. The maximum absolute atomic E-state index is 11.0. The van der Waals surface area contributed by atoms with E-state index in [-0.39, 0.29) is 6.54 Å². The summed E-state index contributed by atoms with van der Waals surface area (Å²) in [6.45, 7) is -0.217. The monoisotopic (exact) mass is 168 g/mol. The first kappa shape index (κ1) is 8.38. The van der Waals surface area contributed by atoms with E-state index in [9.17, 15) is 14.4 Å². The molecule has 0 atom stereocenters. The summed E-state index contributed by atoms with van der Waals surface area (Å²) in [4.78, 5) is 31.9. The molecule has 1 radical (unpaired) electrons. The number of hydrogen-bond donors (Lipinski definition) is 0. The van der Waals surface area contributed by atoms with Gasteiger partial charge < -0.3 is 4.79 Å². The van der Waals surface area contributed by atoms with E-state index < -0.39 is 11.1 Å². The second-order valence-electron chi connectivity index (χ2n) is 2.12. The van der Waals surface area contributed by atoms with Gasteiger partial charge in [-0.25, -0.2) is 4.68 Å². The zero-order valence-corrected chi connectivity index (χ0v) is 6.35. The molecule has 0 aliphatic rings. The third-order valence-corrected chi connectivity index (χ3v) is 1.28. The summed E-state index contributed by atoms with van der Waals surface area (Å²) in [6, 6.07) is 0. The SMILES string of the molecule is Cn1[c]nn(CC=O)c(=O)c1=O. The van der Waals surface area contributed by atoms with Crippen LogP contribution in [0, 0.1) is 6.33 Å². The molecular weight excluding hydrogens is 162 g/mol. The van der Waals surface area contributed by atoms with E-state index in [0.717, 1.165) is 9.25 Å². The Bertz CT molecular complexity index is 403. The van der Waals surface area contributed by atoms with Gasteiger partial charge >= 0.3 is 11.1 Å². The van der Waals surface area contributed by atoms with Crippen molar-refractivity contribution in [1.82, 2.24) is 14.3 Å². The van der Waals surface area contributed by atoms with E-state index in [1.165, 1.54) is 7.05 Å². The van der Waals surface area contributed by atoms with Gasteiger partial charge in [-0.15, -0.1) is 5.10 Å². The highest BCUT2D eigenvalue weighted by Gasteiger charge is 2.02. The van der Waals surface area contributed by atoms with Crippen molar-refractivity contribution >= 4 is 6.29 Å². The van der Waals surface area contributed by atoms with Crippen molar-refractivity contribution in [2.24, 2.45) is 7.05 Å². The van der Waals surface area contributed by atoms with Gasteiger partial charge in [0.1, 0.15) is 12.8 Å². The molecule has 0 spiro atoms. The summed E-state index contributed by atoms with van der Waals surface area (Å²) in [5, 5.41) is 3.44. The summed E-state index contributed by atoms with van der Waals surface area (Å²) < 4.78 is 1.69. The fourth-order valence-electron chi connectivity index (χ4n) is 0.660. The van der Waals surface area contributed by atoms with Crippen LogP contribution in [0.2, 0.25) is 0 Å². The summed E-state index contributed by atoms with van der Waals surface area (Å²) in [7, 11) is 1.36. The quantitative estimate of drug-likeness (QED) is 0.376. The lowest BCUT2D eigenvalue weighted by Crippen LogP contribution is -2.41. The smallest absolute Gasteiger partial charge is 0.301 e. The minimum atomic E-state index is -0.816. The molecule has 0 aliphatic heterocycles. The summed E-state index contributed by atoms with van der Waals surface area (Å²) in [6.07, 6.45) is 2.74. The predicted molar refractivity (Wildman–Crippen MR) is 38.6 cm³/mol. The summed E-state index contributed by atoms with van der Waals surface area (Å²) in [5.74, 6) is 0. The van der Waals surface area contributed by atoms with Gasteiger partial charge in [0, 0.05) is 7.05 Å². The number of aldehydes is 1. The molecule has 1 aromatic rings. The Labute approximate surface area is 67.1 Å². The molecular formula is C6H6N3O3. The van der Waals surface area contributed by atoms with Gasteiger partial charge in [0.15, 0.2) is 0 Å². The highest BCUT2D eigenvalue weighted by molar-refractivity contribution is 5.48. The van der Waals surface area contributed by atoms with Crippen molar-refractivity contribution in [2.75, 3.05) is 0 Å². The lowest BCUT2D eigenvalue weighted by atomic mass is 10.7. The first-order valence-electron chi connectivity index (χ1n) is 3.16. The first-order chi connectivity index (χ1) is 5.66. The number of carbonyl (C=O) groups is 1.